The number of benzene rings is 3. The smallest absolute Gasteiger partial charge is 0.194 e. The molecule has 0 saturated heterocycles. The van der Waals surface area contributed by atoms with Gasteiger partial charge in [-0.15, -0.1) is 0 Å². The summed E-state index contributed by atoms with van der Waals surface area (Å²) in [6.07, 6.45) is -0.523. The van der Waals surface area contributed by atoms with Crippen molar-refractivity contribution in [3.8, 4) is 17.2 Å². The maximum Gasteiger partial charge on any atom is 0.194 e. The fraction of sp³-hybridized carbons (Fsp3) is 0.176. The molecule has 0 aromatic heterocycles. The van der Waals surface area contributed by atoms with Crippen molar-refractivity contribution in [1.29, 1.82) is 0 Å². The van der Waals surface area contributed by atoms with Gasteiger partial charge < -0.3 is 15.3 Å². The predicted molar refractivity (Wildman–Crippen MR) is 152 cm³/mol. The predicted octanol–water partition coefficient (Wildman–Crippen LogP) is 4.99. The molecule has 3 N–H and O–H groups in total. The number of allylic oxidation sites excluding steroid dienone is 4. The molecule has 3 aromatic carbocycles. The van der Waals surface area contributed by atoms with Crippen LogP contribution in [-0.2, 0) is 0 Å². The van der Waals surface area contributed by atoms with Gasteiger partial charge in [0.2, 0.25) is 0 Å². The first-order valence-electron chi connectivity index (χ1n) is 13.5. The van der Waals surface area contributed by atoms with Crippen molar-refractivity contribution >= 4 is 34.7 Å². The molecule has 9 nitrogen and oxygen atoms in total. The van der Waals surface area contributed by atoms with Crippen LogP contribution in [0.5, 0.6) is 17.2 Å². The summed E-state index contributed by atoms with van der Waals surface area (Å²) < 4.78 is 0. The van der Waals surface area contributed by atoms with Crippen molar-refractivity contribution in [2.24, 2.45) is 11.3 Å². The zero-order valence-corrected chi connectivity index (χ0v) is 23.3. The van der Waals surface area contributed by atoms with Gasteiger partial charge in [0.05, 0.1) is 22.1 Å². The summed E-state index contributed by atoms with van der Waals surface area (Å²) in [5.74, 6) is -7.21. The molecule has 0 heterocycles. The summed E-state index contributed by atoms with van der Waals surface area (Å²) in [5, 5.41) is 31.7. The van der Waals surface area contributed by atoms with E-state index >= 15 is 0 Å². The van der Waals surface area contributed by atoms with Gasteiger partial charge in [0, 0.05) is 44.9 Å². The average molecular weight is 577 g/mol. The van der Waals surface area contributed by atoms with Crippen LogP contribution in [0.3, 0.4) is 0 Å². The molecule has 3 aromatic rings. The molecule has 9 heteroatoms. The van der Waals surface area contributed by atoms with Crippen molar-refractivity contribution < 1.29 is 44.1 Å². The summed E-state index contributed by atoms with van der Waals surface area (Å²) >= 11 is 0. The van der Waals surface area contributed by atoms with Crippen molar-refractivity contribution in [3.05, 3.63) is 110 Å². The van der Waals surface area contributed by atoms with Crippen LogP contribution in [0, 0.1) is 11.3 Å². The average Bonchev–Trinajstić information content (AvgIpc) is 2.97. The quantitative estimate of drug-likeness (QED) is 0.390. The number of phenolic OH excluding ortho intramolecular Hbond substituents is 3. The van der Waals surface area contributed by atoms with Gasteiger partial charge >= 0.3 is 0 Å². The van der Waals surface area contributed by atoms with Crippen LogP contribution in [0.25, 0.3) is 0 Å². The van der Waals surface area contributed by atoms with Gasteiger partial charge in [-0.2, -0.15) is 0 Å². The Kier molecular flexibility index (Phi) is 5.99. The molecule has 0 saturated carbocycles. The molecular weight excluding hydrogens is 552 g/mol. The number of rotatable bonds is 3. The third-order valence-electron chi connectivity index (χ3n) is 8.98. The lowest BCUT2D eigenvalue weighted by molar-refractivity contribution is 0.0612. The first-order valence-corrected chi connectivity index (χ1v) is 13.5. The number of Topliss-reactive ketones (excluding diaryl/α,β-unsaturated/α-hetero) is 6. The Morgan fingerprint density at radius 1 is 0.605 bits per heavy atom. The number of carbonyl (C=O) groups is 6. The van der Waals surface area contributed by atoms with E-state index in [-0.39, 0.29) is 55.7 Å². The first kappa shape index (κ1) is 27.7. The van der Waals surface area contributed by atoms with Crippen LogP contribution in [-0.4, -0.2) is 50.0 Å². The van der Waals surface area contributed by atoms with Gasteiger partial charge in [0.25, 0.3) is 0 Å². The van der Waals surface area contributed by atoms with Crippen LogP contribution in [0.4, 0.5) is 0 Å². The van der Waals surface area contributed by atoms with Crippen molar-refractivity contribution in [2.45, 2.75) is 27.2 Å². The first-order chi connectivity index (χ1) is 20.3. The van der Waals surface area contributed by atoms with Crippen molar-refractivity contribution in [2.75, 3.05) is 0 Å². The minimum Gasteiger partial charge on any atom is -0.507 e. The zero-order chi connectivity index (χ0) is 31.1. The number of aromatic hydroxyl groups is 3. The molecule has 0 aliphatic heterocycles. The second-order valence-corrected chi connectivity index (χ2v) is 11.2. The summed E-state index contributed by atoms with van der Waals surface area (Å²) in [4.78, 5) is 83.4. The number of carbonyl (C=O) groups excluding carboxylic acids is 6. The molecule has 0 radical (unpaired) electrons. The van der Waals surface area contributed by atoms with Crippen LogP contribution >= 0.6 is 0 Å². The van der Waals surface area contributed by atoms with E-state index in [9.17, 15) is 44.1 Å². The lowest BCUT2D eigenvalue weighted by atomic mass is 9.55. The number of ketones is 6. The lowest BCUT2D eigenvalue weighted by Gasteiger charge is -2.43. The minimum absolute atomic E-state index is 0.00600. The Hall–Kier alpha value is -5.44. The van der Waals surface area contributed by atoms with E-state index in [4.69, 9.17) is 0 Å². The van der Waals surface area contributed by atoms with Crippen LogP contribution in [0.1, 0.15) is 89.3 Å². The van der Waals surface area contributed by atoms with E-state index in [1.54, 1.807) is 0 Å². The van der Waals surface area contributed by atoms with E-state index in [0.29, 0.717) is 0 Å². The van der Waals surface area contributed by atoms with Crippen LogP contribution < -0.4 is 0 Å². The Bertz CT molecular complexity index is 1970. The molecule has 3 aliphatic rings. The standard InChI is InChI=1S/C34H24O9/c1-14-19(30(40)24-16(28(14)38)7-4-10-21(24)35)13-20-31(41)26-18(9-6-12-23(26)37)33(43)34(20,3)27-15(2)29(39)17-8-5-11-22(36)25(17)32(27)42/h4-12,20,35-37H,13H2,1-3H3/t20-,34-/m0/s1. The SMILES string of the molecule is CC1=C(C[C@H]2C(=O)c3c(O)cccc3C(=O)[C@]2(C)C2=C(C)C(=O)c3cccc(O)c3C2=O)C(=O)c2c(O)cccc2C1=O. The van der Waals surface area contributed by atoms with Gasteiger partial charge in [0.15, 0.2) is 34.7 Å². The Labute approximate surface area is 244 Å². The largest absolute Gasteiger partial charge is 0.507 e. The monoisotopic (exact) mass is 576 g/mol. The number of hydrogen-bond acceptors (Lipinski definition) is 9. The highest BCUT2D eigenvalue weighted by Gasteiger charge is 2.57. The summed E-state index contributed by atoms with van der Waals surface area (Å²) in [6, 6.07) is 12.0. The van der Waals surface area contributed by atoms with Crippen LogP contribution in [0.15, 0.2) is 76.9 Å². The van der Waals surface area contributed by atoms with E-state index in [0.717, 1.165) is 0 Å². The second kappa shape index (κ2) is 9.29. The van der Waals surface area contributed by atoms with Crippen molar-refractivity contribution in [1.82, 2.24) is 0 Å². The molecule has 0 amide bonds. The molecule has 0 fully saturated rings. The fourth-order valence-electron chi connectivity index (χ4n) is 6.73. The third kappa shape index (κ3) is 3.57. The molecule has 2 atom stereocenters. The lowest BCUT2D eigenvalue weighted by Crippen LogP contribution is -2.50. The van der Waals surface area contributed by atoms with Gasteiger partial charge in [-0.3, -0.25) is 28.8 Å². The van der Waals surface area contributed by atoms with Gasteiger partial charge in [-0.05, 0) is 45.4 Å². The minimum atomic E-state index is -2.07. The molecular formula is C34H24O9. The molecule has 0 spiro atoms. The highest BCUT2D eigenvalue weighted by molar-refractivity contribution is 6.33. The molecule has 214 valence electrons. The number of fused-ring (bicyclic) bond motifs is 3. The summed E-state index contributed by atoms with van der Waals surface area (Å²) in [5.41, 5.74) is -3.75. The maximum absolute atomic E-state index is 14.4. The fourth-order valence-corrected chi connectivity index (χ4v) is 6.73. The summed E-state index contributed by atoms with van der Waals surface area (Å²) in [7, 11) is 0. The Morgan fingerprint density at radius 3 is 1.63 bits per heavy atom. The van der Waals surface area contributed by atoms with Gasteiger partial charge in [-0.1, -0.05) is 36.4 Å². The van der Waals surface area contributed by atoms with Crippen molar-refractivity contribution in [3.63, 3.8) is 0 Å². The van der Waals surface area contributed by atoms with E-state index in [1.165, 1.54) is 75.4 Å². The highest BCUT2D eigenvalue weighted by atomic mass is 16.3. The molecule has 43 heavy (non-hydrogen) atoms. The highest BCUT2D eigenvalue weighted by Crippen LogP contribution is 2.53. The molecule has 0 bridgehead atoms. The topological polar surface area (TPSA) is 163 Å². The summed E-state index contributed by atoms with van der Waals surface area (Å²) in [6.45, 7) is 4.08. The molecule has 6 rings (SSSR count). The van der Waals surface area contributed by atoms with E-state index in [2.05, 4.69) is 0 Å². The Balaban J connectivity index is 1.61. The molecule has 0 unspecified atom stereocenters. The maximum atomic E-state index is 14.4. The van der Waals surface area contributed by atoms with Gasteiger partial charge in [0.1, 0.15) is 17.2 Å². The second-order valence-electron chi connectivity index (χ2n) is 11.2. The normalized spacial score (nSPS) is 21.7. The zero-order valence-electron chi connectivity index (χ0n) is 23.3. The Morgan fingerprint density at radius 2 is 1.07 bits per heavy atom. The van der Waals surface area contributed by atoms with Gasteiger partial charge in [-0.25, -0.2) is 0 Å². The number of hydrogen-bond donors (Lipinski definition) is 3. The van der Waals surface area contributed by atoms with E-state index < -0.39 is 69.7 Å². The van der Waals surface area contributed by atoms with E-state index in [1.807, 2.05) is 0 Å². The van der Waals surface area contributed by atoms with Crippen LogP contribution in [0.2, 0.25) is 0 Å². The number of phenols is 3. The molecule has 3 aliphatic carbocycles. The third-order valence-corrected chi connectivity index (χ3v) is 8.98.